The summed E-state index contributed by atoms with van der Waals surface area (Å²) in [4.78, 5) is 2.00. The monoisotopic (exact) mass is 304 g/mol. The number of halogens is 2. The lowest BCUT2D eigenvalue weighted by molar-refractivity contribution is 0.217. The number of nitrogens with one attached hydrogen (secondary N) is 1. The van der Waals surface area contributed by atoms with Crippen molar-refractivity contribution in [2.45, 2.75) is 30.7 Å². The van der Waals surface area contributed by atoms with Crippen LogP contribution in [0.5, 0.6) is 0 Å². The fourth-order valence-electron chi connectivity index (χ4n) is 2.30. The second kappa shape index (κ2) is 6.15. The SMILES string of the molecule is CCN1CCC(NS(=O)(=O)c2ccc(F)c(F)c2)CC1. The normalized spacial score (nSPS) is 18.4. The molecule has 1 fully saturated rings. The Morgan fingerprint density at radius 2 is 1.90 bits per heavy atom. The van der Waals surface area contributed by atoms with Crippen LogP contribution >= 0.6 is 0 Å². The third-order valence-electron chi connectivity index (χ3n) is 3.56. The van der Waals surface area contributed by atoms with Gasteiger partial charge in [0.05, 0.1) is 4.90 Å². The fourth-order valence-corrected chi connectivity index (χ4v) is 3.61. The first-order chi connectivity index (χ1) is 9.42. The maximum atomic E-state index is 13.1. The average molecular weight is 304 g/mol. The first-order valence-corrected chi connectivity index (χ1v) is 8.10. The Hall–Kier alpha value is -1.05. The molecule has 0 unspecified atom stereocenters. The Kier molecular flexibility index (Phi) is 4.72. The van der Waals surface area contributed by atoms with Crippen molar-refractivity contribution in [2.24, 2.45) is 0 Å². The molecule has 0 aliphatic carbocycles. The summed E-state index contributed by atoms with van der Waals surface area (Å²) in [6.07, 6.45) is 1.44. The van der Waals surface area contributed by atoms with Crippen molar-refractivity contribution >= 4 is 10.0 Å². The van der Waals surface area contributed by atoms with Crippen LogP contribution in [-0.2, 0) is 10.0 Å². The van der Waals surface area contributed by atoms with Crippen molar-refractivity contribution in [1.29, 1.82) is 0 Å². The van der Waals surface area contributed by atoms with Gasteiger partial charge < -0.3 is 4.90 Å². The van der Waals surface area contributed by atoms with Gasteiger partial charge in [-0.3, -0.25) is 0 Å². The van der Waals surface area contributed by atoms with E-state index < -0.39 is 21.7 Å². The minimum atomic E-state index is -3.80. The Morgan fingerprint density at radius 3 is 2.45 bits per heavy atom. The zero-order valence-electron chi connectivity index (χ0n) is 11.3. The van der Waals surface area contributed by atoms with Crippen LogP contribution in [0.25, 0.3) is 0 Å². The van der Waals surface area contributed by atoms with Crippen LogP contribution in [0.4, 0.5) is 8.78 Å². The van der Waals surface area contributed by atoms with Crippen LogP contribution in [0.1, 0.15) is 19.8 Å². The zero-order valence-corrected chi connectivity index (χ0v) is 12.1. The second-order valence-corrected chi connectivity index (χ2v) is 6.62. The van der Waals surface area contributed by atoms with E-state index in [1.807, 2.05) is 0 Å². The first-order valence-electron chi connectivity index (χ1n) is 6.62. The van der Waals surface area contributed by atoms with Crippen LogP contribution in [0.15, 0.2) is 23.1 Å². The number of likely N-dealkylation sites (tertiary alicyclic amines) is 1. The molecule has 4 nitrogen and oxygen atoms in total. The molecule has 1 aliphatic rings. The van der Waals surface area contributed by atoms with Gasteiger partial charge in [0.25, 0.3) is 0 Å². The summed E-state index contributed by atoms with van der Waals surface area (Å²) in [6, 6.07) is 2.44. The summed E-state index contributed by atoms with van der Waals surface area (Å²) in [5.74, 6) is -2.21. The molecule has 1 saturated heterocycles. The molecule has 20 heavy (non-hydrogen) atoms. The molecule has 7 heteroatoms. The fraction of sp³-hybridized carbons (Fsp3) is 0.538. The summed E-state index contributed by atoms with van der Waals surface area (Å²) in [7, 11) is -3.80. The molecule has 0 atom stereocenters. The van der Waals surface area contributed by atoms with Crippen LogP contribution in [0.2, 0.25) is 0 Å². The molecule has 0 saturated carbocycles. The molecule has 0 amide bonds. The highest BCUT2D eigenvalue weighted by Gasteiger charge is 2.24. The molecule has 0 bridgehead atoms. The summed E-state index contributed by atoms with van der Waals surface area (Å²) in [5, 5.41) is 0. The number of rotatable bonds is 4. The van der Waals surface area contributed by atoms with Crippen LogP contribution < -0.4 is 4.72 Å². The van der Waals surface area contributed by atoms with Gasteiger partial charge in [0.2, 0.25) is 10.0 Å². The summed E-state index contributed by atoms with van der Waals surface area (Å²) < 4.78 is 52.7. The molecule has 1 N–H and O–H groups in total. The lowest BCUT2D eigenvalue weighted by Gasteiger charge is -2.31. The van der Waals surface area contributed by atoms with E-state index in [4.69, 9.17) is 0 Å². The maximum Gasteiger partial charge on any atom is 0.240 e. The Morgan fingerprint density at radius 1 is 1.25 bits per heavy atom. The van der Waals surface area contributed by atoms with Gasteiger partial charge >= 0.3 is 0 Å². The third-order valence-corrected chi connectivity index (χ3v) is 5.08. The van der Waals surface area contributed by atoms with Gasteiger partial charge in [0, 0.05) is 6.04 Å². The number of hydrogen-bond acceptors (Lipinski definition) is 3. The van der Waals surface area contributed by atoms with Crippen molar-refractivity contribution in [3.8, 4) is 0 Å². The highest BCUT2D eigenvalue weighted by atomic mass is 32.2. The van der Waals surface area contributed by atoms with E-state index in [9.17, 15) is 17.2 Å². The molecule has 1 aromatic carbocycles. The van der Waals surface area contributed by atoms with E-state index in [1.54, 1.807) is 0 Å². The molecule has 1 aromatic rings. The topological polar surface area (TPSA) is 49.4 Å². The molecule has 112 valence electrons. The largest absolute Gasteiger partial charge is 0.303 e. The van der Waals surface area contributed by atoms with Crippen molar-refractivity contribution in [1.82, 2.24) is 9.62 Å². The Labute approximate surface area is 117 Å². The van der Waals surface area contributed by atoms with Gasteiger partial charge in [-0.15, -0.1) is 0 Å². The summed E-state index contributed by atoms with van der Waals surface area (Å²) >= 11 is 0. The van der Waals surface area contributed by atoms with Gasteiger partial charge in [-0.2, -0.15) is 0 Å². The highest BCUT2D eigenvalue weighted by molar-refractivity contribution is 7.89. The van der Waals surface area contributed by atoms with Crippen LogP contribution in [0, 0.1) is 11.6 Å². The molecule has 0 spiro atoms. The number of piperidine rings is 1. The van der Waals surface area contributed by atoms with Gasteiger partial charge in [0.15, 0.2) is 11.6 Å². The lowest BCUT2D eigenvalue weighted by atomic mass is 10.1. The molecule has 2 rings (SSSR count). The van der Waals surface area contributed by atoms with Crippen molar-refractivity contribution in [2.75, 3.05) is 19.6 Å². The number of hydrogen-bond donors (Lipinski definition) is 1. The van der Waals surface area contributed by atoms with Gasteiger partial charge in [-0.25, -0.2) is 21.9 Å². The summed E-state index contributed by atoms with van der Waals surface area (Å²) in [5.41, 5.74) is 0. The predicted octanol–water partition coefficient (Wildman–Crippen LogP) is 1.73. The number of benzene rings is 1. The highest BCUT2D eigenvalue weighted by Crippen LogP contribution is 2.17. The van der Waals surface area contributed by atoms with Gasteiger partial charge in [-0.05, 0) is 50.7 Å². The quantitative estimate of drug-likeness (QED) is 0.921. The van der Waals surface area contributed by atoms with Crippen LogP contribution in [0.3, 0.4) is 0 Å². The van der Waals surface area contributed by atoms with E-state index in [-0.39, 0.29) is 10.9 Å². The Balaban J connectivity index is 2.06. The summed E-state index contributed by atoms with van der Waals surface area (Å²) in [6.45, 7) is 4.68. The average Bonchev–Trinajstić information content (AvgIpc) is 2.42. The third kappa shape index (κ3) is 3.53. The maximum absolute atomic E-state index is 13.1. The zero-order chi connectivity index (χ0) is 14.8. The van der Waals surface area contributed by atoms with Crippen LogP contribution in [-0.4, -0.2) is 39.0 Å². The van der Waals surface area contributed by atoms with E-state index in [1.165, 1.54) is 0 Å². The lowest BCUT2D eigenvalue weighted by Crippen LogP contribution is -2.44. The van der Waals surface area contributed by atoms with Crippen molar-refractivity contribution < 1.29 is 17.2 Å². The predicted molar refractivity (Wildman–Crippen MR) is 71.8 cm³/mol. The molecule has 0 aromatic heterocycles. The molecule has 0 radical (unpaired) electrons. The molecular weight excluding hydrogens is 286 g/mol. The Bertz CT molecular complexity index is 570. The first kappa shape index (κ1) is 15.3. The van der Waals surface area contributed by atoms with E-state index in [2.05, 4.69) is 16.5 Å². The number of nitrogens with zero attached hydrogens (tertiary/aromatic N) is 1. The molecular formula is C13H18F2N2O2S. The smallest absolute Gasteiger partial charge is 0.240 e. The molecule has 1 aliphatic heterocycles. The van der Waals surface area contributed by atoms with E-state index in [0.29, 0.717) is 6.07 Å². The minimum absolute atomic E-state index is 0.157. The van der Waals surface area contributed by atoms with Crippen molar-refractivity contribution in [3.05, 3.63) is 29.8 Å². The molecule has 1 heterocycles. The minimum Gasteiger partial charge on any atom is -0.303 e. The number of sulfonamides is 1. The van der Waals surface area contributed by atoms with Gasteiger partial charge in [0.1, 0.15) is 0 Å². The van der Waals surface area contributed by atoms with Crippen molar-refractivity contribution in [3.63, 3.8) is 0 Å². The van der Waals surface area contributed by atoms with Gasteiger partial charge in [-0.1, -0.05) is 6.92 Å². The standard InChI is InChI=1S/C13H18F2N2O2S/c1-2-17-7-5-10(6-8-17)16-20(18,19)11-3-4-12(14)13(15)9-11/h3-4,9-10,16H,2,5-8H2,1H3. The van der Waals surface area contributed by atoms with E-state index in [0.717, 1.165) is 44.6 Å². The van der Waals surface area contributed by atoms with E-state index >= 15 is 0 Å². The second-order valence-electron chi connectivity index (χ2n) is 4.91.